The smallest absolute Gasteiger partial charge is 0.156 e. The fourth-order valence-electron chi connectivity index (χ4n) is 2.15. The van der Waals surface area contributed by atoms with Gasteiger partial charge in [-0.3, -0.25) is 0 Å². The lowest BCUT2D eigenvalue weighted by Gasteiger charge is -2.28. The predicted molar refractivity (Wildman–Crippen MR) is 63.7 cm³/mol. The topological polar surface area (TPSA) is 56.8 Å². The van der Waals surface area contributed by atoms with E-state index < -0.39 is 0 Å². The van der Waals surface area contributed by atoms with Gasteiger partial charge in [-0.2, -0.15) is 0 Å². The first-order valence-electron chi connectivity index (χ1n) is 5.61. The van der Waals surface area contributed by atoms with Crippen molar-refractivity contribution in [2.45, 2.75) is 6.92 Å². The molecule has 1 fully saturated rings. The molecule has 0 saturated carbocycles. The zero-order valence-electron chi connectivity index (χ0n) is 9.32. The molecular formula is C11H15N5. The highest BCUT2D eigenvalue weighted by Gasteiger charge is 2.16. The van der Waals surface area contributed by atoms with E-state index in [9.17, 15) is 0 Å². The largest absolute Gasteiger partial charge is 0.352 e. The van der Waals surface area contributed by atoms with Crippen molar-refractivity contribution in [1.82, 2.24) is 20.3 Å². The Balaban J connectivity index is 2.07. The Kier molecular flexibility index (Phi) is 2.25. The minimum Gasteiger partial charge on any atom is -0.352 e. The van der Waals surface area contributed by atoms with E-state index in [0.29, 0.717) is 0 Å². The fraction of sp³-hybridized carbons (Fsp3) is 0.455. The van der Waals surface area contributed by atoms with Gasteiger partial charge in [-0.1, -0.05) is 0 Å². The Morgan fingerprint density at radius 3 is 2.94 bits per heavy atom. The third-order valence-electron chi connectivity index (χ3n) is 2.92. The van der Waals surface area contributed by atoms with Crippen LogP contribution in [0.1, 0.15) is 5.82 Å². The molecule has 1 aliphatic heterocycles. The molecule has 2 N–H and O–H groups in total. The lowest BCUT2D eigenvalue weighted by Crippen LogP contribution is -2.44. The molecule has 1 aliphatic rings. The van der Waals surface area contributed by atoms with Gasteiger partial charge in [0.15, 0.2) is 5.82 Å². The fourth-order valence-corrected chi connectivity index (χ4v) is 2.15. The molecule has 3 heterocycles. The van der Waals surface area contributed by atoms with Gasteiger partial charge in [0.25, 0.3) is 0 Å². The molecule has 84 valence electrons. The highest BCUT2D eigenvalue weighted by molar-refractivity contribution is 5.86. The van der Waals surface area contributed by atoms with Crippen LogP contribution in [-0.2, 0) is 0 Å². The minimum absolute atomic E-state index is 0.944. The number of nitrogens with one attached hydrogen (secondary N) is 2. The second kappa shape index (κ2) is 3.75. The summed E-state index contributed by atoms with van der Waals surface area (Å²) in [6.45, 7) is 6.00. The van der Waals surface area contributed by atoms with Crippen LogP contribution in [0.4, 0.5) is 5.82 Å². The van der Waals surface area contributed by atoms with E-state index in [1.807, 2.05) is 19.2 Å². The maximum absolute atomic E-state index is 4.51. The van der Waals surface area contributed by atoms with E-state index in [0.717, 1.165) is 48.9 Å². The number of hydrogen-bond donors (Lipinski definition) is 2. The van der Waals surface area contributed by atoms with Gasteiger partial charge in [0, 0.05) is 32.4 Å². The van der Waals surface area contributed by atoms with Gasteiger partial charge in [-0.15, -0.1) is 0 Å². The molecule has 0 bridgehead atoms. The summed E-state index contributed by atoms with van der Waals surface area (Å²) in [6.07, 6.45) is 1.84. The maximum atomic E-state index is 4.51. The molecule has 0 spiro atoms. The van der Waals surface area contributed by atoms with Gasteiger partial charge in [-0.05, 0) is 13.0 Å². The number of H-pyrrole nitrogens is 1. The molecule has 0 radical (unpaired) electrons. The Labute approximate surface area is 93.9 Å². The van der Waals surface area contributed by atoms with E-state index >= 15 is 0 Å². The second-order valence-corrected chi connectivity index (χ2v) is 4.09. The number of pyridine rings is 1. The van der Waals surface area contributed by atoms with Crippen LogP contribution in [0.15, 0.2) is 12.3 Å². The average Bonchev–Trinajstić information content (AvgIpc) is 2.70. The molecule has 0 aromatic carbocycles. The number of hydrogen-bond acceptors (Lipinski definition) is 4. The molecule has 0 aliphatic carbocycles. The third kappa shape index (κ3) is 1.53. The van der Waals surface area contributed by atoms with Gasteiger partial charge < -0.3 is 15.2 Å². The number of aromatic nitrogens is 3. The minimum atomic E-state index is 0.944. The zero-order chi connectivity index (χ0) is 11.0. The van der Waals surface area contributed by atoms with Crippen LogP contribution in [0.2, 0.25) is 0 Å². The SMILES string of the molecule is Cc1nc2c(N3CCNCC3)nccc2[nH]1. The monoisotopic (exact) mass is 217 g/mol. The Morgan fingerprint density at radius 2 is 2.12 bits per heavy atom. The molecule has 2 aromatic rings. The Morgan fingerprint density at radius 1 is 1.31 bits per heavy atom. The number of aryl methyl sites for hydroxylation is 1. The Bertz CT molecular complexity index is 498. The van der Waals surface area contributed by atoms with E-state index in [2.05, 4.69) is 25.2 Å². The number of fused-ring (bicyclic) bond motifs is 1. The summed E-state index contributed by atoms with van der Waals surface area (Å²) in [6, 6.07) is 1.97. The van der Waals surface area contributed by atoms with Crippen molar-refractivity contribution in [1.29, 1.82) is 0 Å². The number of piperazine rings is 1. The first-order valence-corrected chi connectivity index (χ1v) is 5.61. The molecule has 0 atom stereocenters. The molecule has 0 amide bonds. The second-order valence-electron chi connectivity index (χ2n) is 4.09. The van der Waals surface area contributed by atoms with Crippen molar-refractivity contribution in [3.63, 3.8) is 0 Å². The maximum Gasteiger partial charge on any atom is 0.156 e. The van der Waals surface area contributed by atoms with Gasteiger partial charge in [0.2, 0.25) is 0 Å². The van der Waals surface area contributed by atoms with Crippen molar-refractivity contribution in [3.8, 4) is 0 Å². The zero-order valence-corrected chi connectivity index (χ0v) is 9.32. The lowest BCUT2D eigenvalue weighted by atomic mass is 10.3. The number of aromatic amines is 1. The van der Waals surface area contributed by atoms with Crippen LogP contribution in [-0.4, -0.2) is 41.1 Å². The first-order chi connectivity index (χ1) is 7.84. The van der Waals surface area contributed by atoms with Crippen molar-refractivity contribution >= 4 is 16.9 Å². The first kappa shape index (κ1) is 9.59. The van der Waals surface area contributed by atoms with Crippen LogP contribution in [0.5, 0.6) is 0 Å². The molecule has 5 nitrogen and oxygen atoms in total. The molecule has 1 saturated heterocycles. The average molecular weight is 217 g/mol. The van der Waals surface area contributed by atoms with E-state index in [4.69, 9.17) is 0 Å². The molecule has 0 unspecified atom stereocenters. The quantitative estimate of drug-likeness (QED) is 0.737. The van der Waals surface area contributed by atoms with Gasteiger partial charge >= 0.3 is 0 Å². The standard InChI is InChI=1S/C11H15N5/c1-8-14-9-2-3-13-11(10(9)15-8)16-6-4-12-5-7-16/h2-3,12H,4-7H2,1H3,(H,14,15). The summed E-state index contributed by atoms with van der Waals surface area (Å²) in [5.41, 5.74) is 2.06. The molecule has 3 rings (SSSR count). The van der Waals surface area contributed by atoms with Gasteiger partial charge in [0.05, 0.1) is 5.52 Å². The number of nitrogens with zero attached hydrogens (tertiary/aromatic N) is 3. The van der Waals surface area contributed by atoms with Crippen LogP contribution in [0, 0.1) is 6.92 Å². The molecule has 16 heavy (non-hydrogen) atoms. The van der Waals surface area contributed by atoms with Crippen LogP contribution >= 0.6 is 0 Å². The van der Waals surface area contributed by atoms with Crippen LogP contribution < -0.4 is 10.2 Å². The highest BCUT2D eigenvalue weighted by Crippen LogP contribution is 2.22. The lowest BCUT2D eigenvalue weighted by molar-refractivity contribution is 0.586. The van der Waals surface area contributed by atoms with Crippen LogP contribution in [0.25, 0.3) is 11.0 Å². The molecular weight excluding hydrogens is 202 g/mol. The van der Waals surface area contributed by atoms with Crippen molar-refractivity contribution in [2.24, 2.45) is 0 Å². The third-order valence-corrected chi connectivity index (χ3v) is 2.92. The normalized spacial score (nSPS) is 16.9. The van der Waals surface area contributed by atoms with Gasteiger partial charge in [-0.25, -0.2) is 9.97 Å². The summed E-state index contributed by atoms with van der Waals surface area (Å²) < 4.78 is 0. The predicted octanol–water partition coefficient (Wildman–Crippen LogP) is 0.676. The van der Waals surface area contributed by atoms with E-state index in [1.165, 1.54) is 0 Å². The van der Waals surface area contributed by atoms with Crippen LogP contribution in [0.3, 0.4) is 0 Å². The number of imidazole rings is 1. The van der Waals surface area contributed by atoms with E-state index in [1.54, 1.807) is 0 Å². The summed E-state index contributed by atoms with van der Waals surface area (Å²) in [5.74, 6) is 1.95. The van der Waals surface area contributed by atoms with Crippen molar-refractivity contribution in [2.75, 3.05) is 31.1 Å². The molecule has 5 heteroatoms. The number of rotatable bonds is 1. The summed E-state index contributed by atoms with van der Waals surface area (Å²) in [5, 5.41) is 3.34. The van der Waals surface area contributed by atoms with Crippen molar-refractivity contribution in [3.05, 3.63) is 18.1 Å². The summed E-state index contributed by atoms with van der Waals surface area (Å²) in [7, 11) is 0. The van der Waals surface area contributed by atoms with E-state index in [-0.39, 0.29) is 0 Å². The number of anilines is 1. The van der Waals surface area contributed by atoms with Crippen molar-refractivity contribution < 1.29 is 0 Å². The highest BCUT2D eigenvalue weighted by atomic mass is 15.2. The molecule has 2 aromatic heterocycles. The summed E-state index contributed by atoms with van der Waals surface area (Å²) in [4.78, 5) is 14.5. The van der Waals surface area contributed by atoms with Gasteiger partial charge in [0.1, 0.15) is 11.3 Å². The Hall–Kier alpha value is -1.62. The summed E-state index contributed by atoms with van der Waals surface area (Å²) >= 11 is 0.